The van der Waals surface area contributed by atoms with E-state index in [1.165, 1.54) is 16.3 Å². The molecule has 8 aromatic carbocycles. The molecule has 0 saturated carbocycles. The number of Topliss-reactive ketones (excluding diaryl/α,β-unsaturated/α-hetero) is 1. The van der Waals surface area contributed by atoms with Gasteiger partial charge in [-0.2, -0.15) is 42.0 Å². The SMILES string of the molecule is C=C1C2=C3/C=C(/C(C)(C)C)C(=O)c4cc(-c5cccc6c5oc5ccccc56)c[c-]c4N1c1[c-]c(C(C)(C)C)ccc1B2c1cc2c4cc(C(C)(C)C)ccc4n(-c4ccccc4)c2cc1N3c1ccccc1.[Os+2]. The van der Waals surface area contributed by atoms with Crippen molar-refractivity contribution in [2.24, 2.45) is 5.41 Å². The molecule has 5 nitrogen and oxygen atoms in total. The third kappa shape index (κ3) is 7.18. The molecule has 362 valence electrons. The van der Waals surface area contributed by atoms with Gasteiger partial charge in [-0.1, -0.05) is 176 Å². The van der Waals surface area contributed by atoms with Crippen LogP contribution in [-0.4, -0.2) is 17.1 Å². The Hall–Kier alpha value is -7.45. The Bertz CT molecular complexity index is 4080. The van der Waals surface area contributed by atoms with Crippen molar-refractivity contribution < 1.29 is 29.0 Å². The molecule has 13 rings (SSSR count). The molecule has 0 unspecified atom stereocenters. The van der Waals surface area contributed by atoms with E-state index in [0.29, 0.717) is 16.8 Å². The molecule has 0 N–H and O–H groups in total. The Labute approximate surface area is 447 Å². The zero-order chi connectivity index (χ0) is 50.5. The summed E-state index contributed by atoms with van der Waals surface area (Å²) in [7, 11) is 0. The summed E-state index contributed by atoms with van der Waals surface area (Å²) in [5.74, 6) is -0.0657. The van der Waals surface area contributed by atoms with Gasteiger partial charge in [-0.15, -0.1) is 11.0 Å². The molecule has 0 saturated heterocycles. The average molecular weight is 1140 g/mol. The quantitative estimate of drug-likeness (QED) is 0.131. The van der Waals surface area contributed by atoms with Gasteiger partial charge in [0.05, 0.1) is 11.0 Å². The summed E-state index contributed by atoms with van der Waals surface area (Å²) < 4.78 is 9.02. The number of hydrogen-bond acceptors (Lipinski definition) is 4. The van der Waals surface area contributed by atoms with Gasteiger partial charge in [0.1, 0.15) is 16.9 Å². The summed E-state index contributed by atoms with van der Waals surface area (Å²) in [6.07, 6.45) is 2.19. The number of carbonyl (C=O) groups excluding carboxylic acids is 1. The maximum atomic E-state index is 16.2. The van der Waals surface area contributed by atoms with Crippen LogP contribution in [0.4, 0.5) is 22.7 Å². The first kappa shape index (κ1) is 47.5. The van der Waals surface area contributed by atoms with Crippen LogP contribution in [0, 0.1) is 17.5 Å². The fourth-order valence-electron chi connectivity index (χ4n) is 11.7. The molecular formula is C67H56BN3O2Os. The molecule has 10 aromatic rings. The van der Waals surface area contributed by atoms with Gasteiger partial charge in [0.2, 0.25) is 0 Å². The number of hydrogen-bond donors (Lipinski definition) is 0. The number of anilines is 4. The van der Waals surface area contributed by atoms with Crippen molar-refractivity contribution in [3.05, 3.63) is 222 Å². The summed E-state index contributed by atoms with van der Waals surface area (Å²) in [5.41, 5.74) is 18.0. The molecule has 0 fully saturated rings. The summed E-state index contributed by atoms with van der Waals surface area (Å²) in [5, 5.41) is 4.47. The van der Waals surface area contributed by atoms with Gasteiger partial charge in [-0.3, -0.25) is 0 Å². The van der Waals surface area contributed by atoms with Crippen LogP contribution in [0.5, 0.6) is 0 Å². The predicted octanol–water partition coefficient (Wildman–Crippen LogP) is 15.9. The number of benzene rings is 8. The summed E-state index contributed by atoms with van der Waals surface area (Å²) >= 11 is 0. The van der Waals surface area contributed by atoms with E-state index in [9.17, 15) is 0 Å². The van der Waals surface area contributed by atoms with E-state index in [2.05, 4.69) is 228 Å². The predicted molar refractivity (Wildman–Crippen MR) is 305 cm³/mol. The first-order valence-electron chi connectivity index (χ1n) is 25.5. The van der Waals surface area contributed by atoms with Crippen LogP contribution in [0.3, 0.4) is 0 Å². The number of fused-ring (bicyclic) bond motifs is 14. The van der Waals surface area contributed by atoms with Crippen molar-refractivity contribution >= 4 is 89.9 Å². The van der Waals surface area contributed by atoms with Crippen molar-refractivity contribution in [3.63, 3.8) is 0 Å². The van der Waals surface area contributed by atoms with Gasteiger partial charge in [0, 0.05) is 50.0 Å². The van der Waals surface area contributed by atoms with Gasteiger partial charge in [0.25, 0.3) is 0 Å². The maximum absolute atomic E-state index is 16.2. The smallest absolute Gasteiger partial charge is 0.457 e. The molecule has 2 aromatic heterocycles. The van der Waals surface area contributed by atoms with Gasteiger partial charge in [0.15, 0.2) is 6.71 Å². The van der Waals surface area contributed by atoms with Gasteiger partial charge in [-0.05, 0) is 93.0 Å². The second-order valence-corrected chi connectivity index (χ2v) is 23.3. The minimum absolute atomic E-state index is 0. The molecule has 0 atom stereocenters. The molecular weight excluding hydrogens is 1080 g/mol. The molecule has 7 heteroatoms. The standard InChI is InChI=1S/C67H56BN3O2.Os/c1-40-62-60-38-52(67(8,9)10)63(72)51-34-41(46-25-19-26-48-47-24-17-18-27-61(47)73-64(46)48)28-32-56(51)69(40)58-36-43(66(5,6)7)29-31-53(58)68(62)54-37-50-49-35-42(65(2,3)4)30-33-55(49)70(44-20-13-11-14-21-44)57(50)39-59(54)71(60)45-22-15-12-16-23-45;/h11-31,33-35,37-39H,1H2,2-10H3;/q-2;+2/b52-38+;. The minimum atomic E-state index is -0.587. The zero-order valence-corrected chi connectivity index (χ0v) is 45.9. The van der Waals surface area contributed by atoms with E-state index < -0.39 is 5.41 Å². The second-order valence-electron chi connectivity index (χ2n) is 23.3. The molecule has 0 amide bonds. The van der Waals surface area contributed by atoms with Crippen molar-refractivity contribution in [3.8, 4) is 16.8 Å². The monoisotopic (exact) mass is 1140 g/mol. The number of rotatable bonds is 3. The van der Waals surface area contributed by atoms with Crippen LogP contribution >= 0.6 is 0 Å². The van der Waals surface area contributed by atoms with E-state index in [0.717, 1.165) is 100 Å². The molecule has 74 heavy (non-hydrogen) atoms. The summed E-state index contributed by atoms with van der Waals surface area (Å²) in [4.78, 5) is 20.8. The molecule has 0 aliphatic carbocycles. The fourth-order valence-corrected chi connectivity index (χ4v) is 11.7. The van der Waals surface area contributed by atoms with Crippen LogP contribution in [-0.2, 0) is 30.6 Å². The van der Waals surface area contributed by atoms with Gasteiger partial charge < -0.3 is 23.6 Å². The van der Waals surface area contributed by atoms with Crippen molar-refractivity contribution in [1.82, 2.24) is 4.57 Å². The first-order chi connectivity index (χ1) is 35.0. The van der Waals surface area contributed by atoms with Gasteiger partial charge in [-0.25, -0.2) is 0 Å². The first-order valence-corrected chi connectivity index (χ1v) is 25.5. The number of ketones is 1. The molecule has 3 aliphatic heterocycles. The molecule has 0 radical (unpaired) electrons. The number of allylic oxidation sites excluding steroid dienone is 3. The minimum Gasteiger partial charge on any atom is -0.457 e. The largest absolute Gasteiger partial charge is 2.00 e. The topological polar surface area (TPSA) is 41.6 Å². The number of para-hydroxylation sites is 4. The third-order valence-corrected chi connectivity index (χ3v) is 15.5. The second kappa shape index (κ2) is 16.8. The average Bonchev–Trinajstić information content (AvgIpc) is 3.95. The number of furan rings is 1. The normalized spacial score (nSPS) is 15.4. The number of aromatic nitrogens is 1. The van der Waals surface area contributed by atoms with Crippen LogP contribution in [0.1, 0.15) is 83.8 Å². The Balaban J connectivity index is 0.00000556. The van der Waals surface area contributed by atoms with Crippen molar-refractivity contribution in [2.45, 2.75) is 73.1 Å². The molecule has 0 spiro atoms. The van der Waals surface area contributed by atoms with E-state index >= 15 is 4.79 Å². The van der Waals surface area contributed by atoms with Crippen LogP contribution in [0.25, 0.3) is 60.6 Å². The fraction of sp³-hybridized carbons (Fsp3) is 0.179. The Morgan fingerprint density at radius 2 is 1.27 bits per heavy atom. The van der Waals surface area contributed by atoms with E-state index in [1.807, 2.05) is 24.3 Å². The summed E-state index contributed by atoms with van der Waals surface area (Å²) in [6, 6.07) is 64.0. The maximum Gasteiger partial charge on any atom is 2.00 e. The Morgan fingerprint density at radius 3 is 1.99 bits per heavy atom. The van der Waals surface area contributed by atoms with Crippen LogP contribution in [0.15, 0.2) is 197 Å². The number of nitrogens with zero attached hydrogens (tertiary/aromatic N) is 3. The van der Waals surface area contributed by atoms with Crippen molar-refractivity contribution in [2.75, 3.05) is 9.80 Å². The number of carbonyl (C=O) groups is 1. The van der Waals surface area contributed by atoms with Crippen LogP contribution in [0.2, 0.25) is 0 Å². The van der Waals surface area contributed by atoms with Gasteiger partial charge >= 0.3 is 19.8 Å². The Kier molecular flexibility index (Phi) is 10.8. The van der Waals surface area contributed by atoms with E-state index in [1.54, 1.807) is 0 Å². The van der Waals surface area contributed by atoms with Crippen molar-refractivity contribution in [1.29, 1.82) is 0 Å². The molecule has 3 aliphatic rings. The third-order valence-electron chi connectivity index (χ3n) is 15.5. The zero-order valence-electron chi connectivity index (χ0n) is 43.4. The molecule has 2 bridgehead atoms. The summed E-state index contributed by atoms with van der Waals surface area (Å²) in [6.45, 7) is 24.9. The van der Waals surface area contributed by atoms with Crippen LogP contribution < -0.4 is 20.7 Å². The Morgan fingerprint density at radius 1 is 0.581 bits per heavy atom. The molecule has 5 heterocycles. The van der Waals surface area contributed by atoms with E-state index in [-0.39, 0.29) is 43.1 Å². The van der Waals surface area contributed by atoms with E-state index in [4.69, 9.17) is 11.0 Å².